The lowest BCUT2D eigenvalue weighted by molar-refractivity contribution is -0.125. The van der Waals surface area contributed by atoms with E-state index in [1.54, 1.807) is 7.11 Å². The van der Waals surface area contributed by atoms with Gasteiger partial charge in [0.05, 0.1) is 12.1 Å². The normalized spacial score (nSPS) is 19.9. The summed E-state index contributed by atoms with van der Waals surface area (Å²) in [5.41, 5.74) is 5.45. The highest BCUT2D eigenvalue weighted by molar-refractivity contribution is 5.76. The number of ether oxygens (including phenoxy) is 2. The summed E-state index contributed by atoms with van der Waals surface area (Å²) in [5.74, 6) is 0.00389. The molecule has 0 aromatic carbocycles. The number of methoxy groups -OCH3 is 1. The predicted octanol–water partition coefficient (Wildman–Crippen LogP) is -0.353. The van der Waals surface area contributed by atoms with Crippen LogP contribution in [-0.4, -0.2) is 44.9 Å². The molecule has 0 spiro atoms. The van der Waals surface area contributed by atoms with Gasteiger partial charge in [-0.05, 0) is 12.8 Å². The number of nitrogens with one attached hydrogen (secondary N) is 1. The largest absolute Gasteiger partial charge is 0.384 e. The van der Waals surface area contributed by atoms with E-state index in [1.807, 2.05) is 0 Å². The van der Waals surface area contributed by atoms with Crippen LogP contribution in [0.2, 0.25) is 0 Å². The van der Waals surface area contributed by atoms with Crippen molar-refractivity contribution in [1.29, 1.82) is 0 Å². The molecule has 0 unspecified atom stereocenters. The fourth-order valence-electron chi connectivity index (χ4n) is 1.70. The lowest BCUT2D eigenvalue weighted by Gasteiger charge is -2.36. The monoisotopic (exact) mass is 216 g/mol. The van der Waals surface area contributed by atoms with E-state index in [-0.39, 0.29) is 11.4 Å². The van der Waals surface area contributed by atoms with Crippen LogP contribution in [-0.2, 0) is 14.3 Å². The Morgan fingerprint density at radius 2 is 2.20 bits per heavy atom. The van der Waals surface area contributed by atoms with E-state index in [1.165, 1.54) is 0 Å². The first kappa shape index (κ1) is 12.4. The highest BCUT2D eigenvalue weighted by Gasteiger charge is 2.32. The van der Waals surface area contributed by atoms with Gasteiger partial charge in [-0.25, -0.2) is 0 Å². The van der Waals surface area contributed by atoms with E-state index < -0.39 is 0 Å². The molecule has 1 fully saturated rings. The highest BCUT2D eigenvalue weighted by atomic mass is 16.5. The summed E-state index contributed by atoms with van der Waals surface area (Å²) in [6.07, 6.45) is 1.98. The molecular weight excluding hydrogens is 196 g/mol. The molecule has 5 heteroatoms. The van der Waals surface area contributed by atoms with Crippen molar-refractivity contribution in [3.63, 3.8) is 0 Å². The van der Waals surface area contributed by atoms with Crippen molar-refractivity contribution >= 4 is 5.91 Å². The van der Waals surface area contributed by atoms with E-state index in [4.69, 9.17) is 15.2 Å². The molecule has 0 aliphatic carbocycles. The zero-order chi connectivity index (χ0) is 11.1. The van der Waals surface area contributed by atoms with Crippen molar-refractivity contribution in [2.45, 2.75) is 24.8 Å². The third-order valence-electron chi connectivity index (χ3n) is 2.78. The third-order valence-corrected chi connectivity index (χ3v) is 2.78. The molecule has 1 aliphatic rings. The van der Waals surface area contributed by atoms with Crippen molar-refractivity contribution in [3.05, 3.63) is 0 Å². The lowest BCUT2D eigenvalue weighted by atomic mass is 9.90. The predicted molar refractivity (Wildman–Crippen MR) is 56.5 cm³/mol. The molecule has 5 nitrogen and oxygen atoms in total. The minimum Gasteiger partial charge on any atom is -0.384 e. The maximum absolute atomic E-state index is 11.5. The summed E-state index contributed by atoms with van der Waals surface area (Å²) < 4.78 is 10.1. The molecule has 88 valence electrons. The van der Waals surface area contributed by atoms with Gasteiger partial charge in [0.15, 0.2) is 0 Å². The summed E-state index contributed by atoms with van der Waals surface area (Å²) in [5, 5.41) is 2.99. The van der Waals surface area contributed by atoms with Crippen LogP contribution in [0.3, 0.4) is 0 Å². The van der Waals surface area contributed by atoms with Crippen LogP contribution in [0.25, 0.3) is 0 Å². The summed E-state index contributed by atoms with van der Waals surface area (Å²) in [4.78, 5) is 11.5. The SMILES string of the molecule is COCCC(=O)NC1(CN)CCOCC1. The van der Waals surface area contributed by atoms with Crippen LogP contribution in [0.4, 0.5) is 0 Å². The number of amides is 1. The average Bonchev–Trinajstić information content (AvgIpc) is 2.27. The van der Waals surface area contributed by atoms with Crippen LogP contribution >= 0.6 is 0 Å². The van der Waals surface area contributed by atoms with Crippen LogP contribution in [0.5, 0.6) is 0 Å². The molecule has 15 heavy (non-hydrogen) atoms. The maximum atomic E-state index is 11.5. The van der Waals surface area contributed by atoms with Crippen molar-refractivity contribution in [2.24, 2.45) is 5.73 Å². The Morgan fingerprint density at radius 3 is 2.73 bits per heavy atom. The Balaban J connectivity index is 2.40. The molecule has 0 aromatic heterocycles. The molecule has 1 aliphatic heterocycles. The highest BCUT2D eigenvalue weighted by Crippen LogP contribution is 2.19. The number of rotatable bonds is 5. The maximum Gasteiger partial charge on any atom is 0.222 e. The second-order valence-electron chi connectivity index (χ2n) is 3.89. The molecule has 0 radical (unpaired) electrons. The number of nitrogens with two attached hydrogens (primary N) is 1. The first-order valence-corrected chi connectivity index (χ1v) is 5.30. The molecule has 0 saturated carbocycles. The topological polar surface area (TPSA) is 73.6 Å². The number of carbonyl (C=O) groups excluding carboxylic acids is 1. The number of hydrogen-bond donors (Lipinski definition) is 2. The Hall–Kier alpha value is -0.650. The Bertz CT molecular complexity index is 203. The average molecular weight is 216 g/mol. The Morgan fingerprint density at radius 1 is 1.53 bits per heavy atom. The van der Waals surface area contributed by atoms with Gasteiger partial charge in [0, 0.05) is 33.3 Å². The van der Waals surface area contributed by atoms with Crippen molar-refractivity contribution in [2.75, 3.05) is 33.5 Å². The van der Waals surface area contributed by atoms with Gasteiger partial charge in [-0.15, -0.1) is 0 Å². The Kier molecular flexibility index (Phi) is 5.01. The smallest absolute Gasteiger partial charge is 0.222 e. The van der Waals surface area contributed by atoms with E-state index in [2.05, 4.69) is 5.32 Å². The molecule has 0 aromatic rings. The van der Waals surface area contributed by atoms with Crippen LogP contribution < -0.4 is 11.1 Å². The summed E-state index contributed by atoms with van der Waals surface area (Å²) in [6, 6.07) is 0. The van der Waals surface area contributed by atoms with Crippen molar-refractivity contribution < 1.29 is 14.3 Å². The summed E-state index contributed by atoms with van der Waals surface area (Å²) in [7, 11) is 1.58. The van der Waals surface area contributed by atoms with Crippen LogP contribution in [0.15, 0.2) is 0 Å². The second-order valence-corrected chi connectivity index (χ2v) is 3.89. The van der Waals surface area contributed by atoms with Gasteiger partial charge >= 0.3 is 0 Å². The Labute approximate surface area is 90.3 Å². The number of carbonyl (C=O) groups is 1. The van der Waals surface area contributed by atoms with Gasteiger partial charge < -0.3 is 20.5 Å². The van der Waals surface area contributed by atoms with E-state index in [0.29, 0.717) is 32.8 Å². The molecule has 0 bridgehead atoms. The molecule has 0 atom stereocenters. The lowest BCUT2D eigenvalue weighted by Crippen LogP contribution is -2.56. The van der Waals surface area contributed by atoms with Crippen molar-refractivity contribution in [3.8, 4) is 0 Å². The van der Waals surface area contributed by atoms with E-state index in [9.17, 15) is 4.79 Å². The van der Waals surface area contributed by atoms with E-state index in [0.717, 1.165) is 12.8 Å². The second kappa shape index (κ2) is 6.05. The van der Waals surface area contributed by atoms with Gasteiger partial charge in [0.2, 0.25) is 5.91 Å². The quantitative estimate of drug-likeness (QED) is 0.658. The molecular formula is C10H20N2O3. The van der Waals surface area contributed by atoms with Crippen LogP contribution in [0.1, 0.15) is 19.3 Å². The first-order valence-electron chi connectivity index (χ1n) is 5.30. The molecule has 1 amide bonds. The molecule has 1 saturated heterocycles. The molecule has 3 N–H and O–H groups in total. The van der Waals surface area contributed by atoms with Gasteiger partial charge in [-0.1, -0.05) is 0 Å². The summed E-state index contributed by atoms with van der Waals surface area (Å²) in [6.45, 7) is 2.25. The first-order chi connectivity index (χ1) is 7.22. The zero-order valence-corrected chi connectivity index (χ0v) is 9.25. The van der Waals surface area contributed by atoms with Gasteiger partial charge in [-0.2, -0.15) is 0 Å². The van der Waals surface area contributed by atoms with E-state index >= 15 is 0 Å². The van der Waals surface area contributed by atoms with Crippen LogP contribution in [0, 0.1) is 0 Å². The minimum atomic E-state index is -0.261. The standard InChI is InChI=1S/C10H20N2O3/c1-14-5-2-9(13)12-10(8-11)3-6-15-7-4-10/h2-8,11H2,1H3,(H,12,13). The zero-order valence-electron chi connectivity index (χ0n) is 9.25. The van der Waals surface area contributed by atoms with Gasteiger partial charge in [0.25, 0.3) is 0 Å². The minimum absolute atomic E-state index is 0.00389. The fraction of sp³-hybridized carbons (Fsp3) is 0.900. The number of hydrogen-bond acceptors (Lipinski definition) is 4. The summed E-state index contributed by atoms with van der Waals surface area (Å²) >= 11 is 0. The third kappa shape index (κ3) is 3.77. The fourth-order valence-corrected chi connectivity index (χ4v) is 1.70. The van der Waals surface area contributed by atoms with Crippen molar-refractivity contribution in [1.82, 2.24) is 5.32 Å². The van der Waals surface area contributed by atoms with Gasteiger partial charge in [0.1, 0.15) is 0 Å². The molecule has 1 heterocycles. The van der Waals surface area contributed by atoms with Gasteiger partial charge in [-0.3, -0.25) is 4.79 Å². The molecule has 1 rings (SSSR count).